The Kier molecular flexibility index (Phi) is 5.05. The van der Waals surface area contributed by atoms with Crippen molar-refractivity contribution in [2.45, 2.75) is 49.1 Å². The van der Waals surface area contributed by atoms with Crippen LogP contribution in [-0.2, 0) is 14.3 Å². The van der Waals surface area contributed by atoms with Crippen LogP contribution in [0.15, 0.2) is 0 Å². The Bertz CT molecular complexity index is 430. The number of aliphatic hydroxyl groups excluding tert-OH is 4. The maximum absolute atomic E-state index is 11.7. The molecule has 0 amide bonds. The number of hydrogen-bond acceptors (Lipinski definition) is 9. The van der Waals surface area contributed by atoms with Gasteiger partial charge in [0.1, 0.15) is 23.9 Å². The van der Waals surface area contributed by atoms with Crippen LogP contribution in [0.3, 0.4) is 0 Å². The number of aliphatic hydroxyl groups is 5. The van der Waals surface area contributed by atoms with Crippen molar-refractivity contribution in [1.82, 2.24) is 0 Å². The first kappa shape index (κ1) is 17.9. The van der Waals surface area contributed by atoms with Gasteiger partial charge >= 0.3 is 5.97 Å². The Labute approximate surface area is 119 Å². The van der Waals surface area contributed by atoms with E-state index < -0.39 is 60.5 Å². The molecule has 0 aliphatic carbocycles. The number of ketones is 1. The van der Waals surface area contributed by atoms with Crippen LogP contribution >= 0.6 is 0 Å². The summed E-state index contributed by atoms with van der Waals surface area (Å²) in [6.45, 7) is 0.0410. The number of ether oxygens (including phenoxy) is 1. The summed E-state index contributed by atoms with van der Waals surface area (Å²) in [5.74, 6) is -5.60. The molecule has 6 atom stereocenters. The normalized spacial score (nSPS) is 39.6. The number of carboxylic acids is 1. The molecule has 0 spiro atoms. The summed E-state index contributed by atoms with van der Waals surface area (Å²) in [7, 11) is 0. The monoisotopic (exact) mass is 309 g/mol. The van der Waals surface area contributed by atoms with Crippen LogP contribution in [0, 0.1) is 0 Å². The van der Waals surface area contributed by atoms with Crippen LogP contribution < -0.4 is 5.73 Å². The molecule has 21 heavy (non-hydrogen) atoms. The highest BCUT2D eigenvalue weighted by atomic mass is 16.7. The van der Waals surface area contributed by atoms with Crippen LogP contribution in [-0.4, -0.2) is 84.7 Å². The van der Waals surface area contributed by atoms with Crippen LogP contribution in [0.4, 0.5) is 0 Å². The lowest BCUT2D eigenvalue weighted by molar-refractivity contribution is -0.303. The molecule has 0 aromatic carbocycles. The van der Waals surface area contributed by atoms with E-state index in [2.05, 4.69) is 0 Å². The minimum atomic E-state index is -2.89. The molecule has 1 fully saturated rings. The van der Waals surface area contributed by atoms with Crippen LogP contribution in [0.1, 0.15) is 13.3 Å². The third kappa shape index (κ3) is 2.92. The molecule has 1 saturated heterocycles. The second-order valence-corrected chi connectivity index (χ2v) is 5.08. The Morgan fingerprint density at radius 3 is 2.33 bits per heavy atom. The number of aliphatic carboxylic acids is 1. The lowest BCUT2D eigenvalue weighted by atomic mass is 9.75. The van der Waals surface area contributed by atoms with Crippen molar-refractivity contribution in [3.05, 3.63) is 0 Å². The third-order valence-corrected chi connectivity index (χ3v) is 3.65. The highest BCUT2D eigenvalue weighted by Gasteiger charge is 2.61. The maximum Gasteiger partial charge on any atom is 0.364 e. The second kappa shape index (κ2) is 5.93. The first-order valence-electron chi connectivity index (χ1n) is 6.09. The number of carbonyl (C=O) groups excluding carboxylic acids is 1. The lowest BCUT2D eigenvalue weighted by Gasteiger charge is -2.49. The number of rotatable bonds is 5. The number of Topliss-reactive ketones (excluding diaryl/α,β-unsaturated/α-hetero) is 1. The molecular formula is C11H19NO9. The summed E-state index contributed by atoms with van der Waals surface area (Å²) in [6, 6.07) is 0. The van der Waals surface area contributed by atoms with Gasteiger partial charge in [-0.3, -0.25) is 4.79 Å². The summed E-state index contributed by atoms with van der Waals surface area (Å²) < 4.78 is 4.80. The summed E-state index contributed by atoms with van der Waals surface area (Å²) in [6.07, 6.45) is -8.53. The smallest absolute Gasteiger partial charge is 0.364 e. The van der Waals surface area contributed by atoms with Crippen LogP contribution in [0.5, 0.6) is 0 Å². The van der Waals surface area contributed by atoms with E-state index in [1.54, 1.807) is 0 Å². The highest BCUT2D eigenvalue weighted by molar-refractivity contribution is 5.88. The zero-order valence-corrected chi connectivity index (χ0v) is 11.2. The van der Waals surface area contributed by atoms with E-state index >= 15 is 0 Å². The van der Waals surface area contributed by atoms with E-state index in [1.807, 2.05) is 0 Å². The van der Waals surface area contributed by atoms with Gasteiger partial charge in [0, 0.05) is 6.42 Å². The van der Waals surface area contributed by atoms with E-state index in [0.29, 0.717) is 0 Å². The van der Waals surface area contributed by atoms with Gasteiger partial charge in [0.25, 0.3) is 5.79 Å². The van der Waals surface area contributed by atoms with Crippen molar-refractivity contribution in [2.75, 3.05) is 6.61 Å². The standard InChI is InChI=1S/C11H19NO9/c1-4(14)11(12)6(16)2-10(20,9(18)19)21-8(11)7(17)5(15)3-13/h5-8,13,15-17,20H,2-3,12H2,1H3,(H,18,19)/t5-,6+,7-,8+,10?,11-/m1/s1. The van der Waals surface area contributed by atoms with Gasteiger partial charge in [-0.2, -0.15) is 0 Å². The van der Waals surface area contributed by atoms with Crippen molar-refractivity contribution < 1.29 is 45.0 Å². The molecule has 1 unspecified atom stereocenters. The SMILES string of the molecule is CC(=O)[C@@]1(N)[C@@H](O)CC(O)(C(=O)O)O[C@H]1[C@H](O)[C@H](O)CO. The van der Waals surface area contributed by atoms with Crippen molar-refractivity contribution in [1.29, 1.82) is 0 Å². The molecule has 8 N–H and O–H groups in total. The quantitative estimate of drug-likeness (QED) is 0.262. The number of carboxylic acid groups (broad SMARTS) is 1. The molecule has 0 bridgehead atoms. The first-order valence-corrected chi connectivity index (χ1v) is 6.09. The molecule has 0 aromatic heterocycles. The number of hydrogen-bond donors (Lipinski definition) is 7. The zero-order valence-electron chi connectivity index (χ0n) is 11.2. The first-order chi connectivity index (χ1) is 9.50. The minimum Gasteiger partial charge on any atom is -0.477 e. The Hall–Kier alpha value is -1.14. The molecule has 0 saturated carbocycles. The van der Waals surface area contributed by atoms with Gasteiger partial charge in [0.05, 0.1) is 12.7 Å². The molecular weight excluding hydrogens is 290 g/mol. The molecule has 10 nitrogen and oxygen atoms in total. The van der Waals surface area contributed by atoms with E-state index in [9.17, 15) is 30.0 Å². The molecule has 1 heterocycles. The highest BCUT2D eigenvalue weighted by Crippen LogP contribution is 2.36. The van der Waals surface area contributed by atoms with Crippen LogP contribution in [0.25, 0.3) is 0 Å². The minimum absolute atomic E-state index is 0.850. The predicted octanol–water partition coefficient (Wildman–Crippen LogP) is -4.09. The van der Waals surface area contributed by atoms with Crippen molar-refractivity contribution >= 4 is 11.8 Å². The molecule has 1 aliphatic heterocycles. The van der Waals surface area contributed by atoms with E-state index in [1.165, 1.54) is 0 Å². The molecule has 0 aromatic rings. The third-order valence-electron chi connectivity index (χ3n) is 3.65. The number of nitrogens with two attached hydrogens (primary N) is 1. The van der Waals surface area contributed by atoms with E-state index in [-0.39, 0.29) is 0 Å². The fourth-order valence-corrected chi connectivity index (χ4v) is 2.21. The maximum atomic E-state index is 11.7. The molecule has 1 aliphatic rings. The van der Waals surface area contributed by atoms with Gasteiger partial charge in [-0.15, -0.1) is 0 Å². The summed E-state index contributed by atoms with van der Waals surface area (Å²) >= 11 is 0. The fourth-order valence-electron chi connectivity index (χ4n) is 2.21. The predicted molar refractivity (Wildman–Crippen MR) is 64.8 cm³/mol. The molecule has 1 rings (SSSR count). The Morgan fingerprint density at radius 1 is 1.43 bits per heavy atom. The Balaban J connectivity index is 3.27. The Morgan fingerprint density at radius 2 is 1.95 bits per heavy atom. The molecule has 10 heteroatoms. The average Bonchev–Trinajstić information content (AvgIpc) is 2.40. The topological polar surface area (TPSA) is 191 Å². The molecule has 122 valence electrons. The van der Waals surface area contributed by atoms with Crippen LogP contribution in [0.2, 0.25) is 0 Å². The summed E-state index contributed by atoms with van der Waals surface area (Å²) in [4.78, 5) is 22.7. The molecule has 0 radical (unpaired) electrons. The summed E-state index contributed by atoms with van der Waals surface area (Å²) in [5, 5.41) is 56.8. The van der Waals surface area contributed by atoms with Crippen molar-refractivity contribution in [3.8, 4) is 0 Å². The van der Waals surface area contributed by atoms with Gasteiger partial charge in [0.2, 0.25) is 0 Å². The van der Waals surface area contributed by atoms with Gasteiger partial charge in [-0.25, -0.2) is 4.79 Å². The van der Waals surface area contributed by atoms with Crippen molar-refractivity contribution in [2.24, 2.45) is 5.73 Å². The van der Waals surface area contributed by atoms with E-state index in [0.717, 1.165) is 6.92 Å². The largest absolute Gasteiger partial charge is 0.477 e. The second-order valence-electron chi connectivity index (χ2n) is 5.08. The van der Waals surface area contributed by atoms with Gasteiger partial charge in [-0.05, 0) is 6.92 Å². The zero-order chi connectivity index (χ0) is 16.6. The van der Waals surface area contributed by atoms with Gasteiger partial charge in [0.15, 0.2) is 5.78 Å². The van der Waals surface area contributed by atoms with Gasteiger partial charge < -0.3 is 41.1 Å². The van der Waals surface area contributed by atoms with Crippen molar-refractivity contribution in [3.63, 3.8) is 0 Å². The van der Waals surface area contributed by atoms with Gasteiger partial charge in [-0.1, -0.05) is 0 Å². The summed E-state index contributed by atoms with van der Waals surface area (Å²) in [5.41, 5.74) is 3.47. The fraction of sp³-hybridized carbons (Fsp3) is 0.818. The van der Waals surface area contributed by atoms with E-state index in [4.69, 9.17) is 20.7 Å². The lowest BCUT2D eigenvalue weighted by Crippen LogP contribution is -2.75. The average molecular weight is 309 g/mol. The number of carbonyl (C=O) groups is 2.